The van der Waals surface area contributed by atoms with E-state index in [1.54, 1.807) is 11.3 Å². The Morgan fingerprint density at radius 1 is 1.47 bits per heavy atom. The van der Waals surface area contributed by atoms with Crippen LogP contribution in [0.3, 0.4) is 0 Å². The molecular weight excluding hydrogens is 230 g/mol. The Hall–Kier alpha value is -1.13. The highest BCUT2D eigenvalue weighted by atomic mass is 32.1. The third-order valence-corrected chi connectivity index (χ3v) is 3.71. The maximum Gasteiger partial charge on any atom is 0.0898 e. The van der Waals surface area contributed by atoms with E-state index in [1.807, 2.05) is 6.92 Å². The van der Waals surface area contributed by atoms with Crippen LogP contribution in [0.5, 0.6) is 0 Å². The maximum atomic E-state index is 6.12. The first kappa shape index (κ1) is 12.3. The lowest BCUT2D eigenvalue weighted by molar-refractivity contribution is 0.513. The Morgan fingerprint density at radius 3 is 2.82 bits per heavy atom. The van der Waals surface area contributed by atoms with Gasteiger partial charge in [0.1, 0.15) is 0 Å². The molecule has 0 radical (unpaired) electrons. The molecule has 2 heterocycles. The summed E-state index contributed by atoms with van der Waals surface area (Å²) in [7, 11) is 0. The van der Waals surface area contributed by atoms with E-state index in [-0.39, 0.29) is 6.04 Å². The molecule has 4 heteroatoms. The van der Waals surface area contributed by atoms with Gasteiger partial charge in [0.15, 0.2) is 0 Å². The number of nitrogens with two attached hydrogens (primary N) is 1. The van der Waals surface area contributed by atoms with E-state index in [0.717, 1.165) is 17.2 Å². The molecular formula is C13H19N3S. The maximum absolute atomic E-state index is 6.12. The summed E-state index contributed by atoms with van der Waals surface area (Å²) in [6.07, 6.45) is 4.20. The zero-order chi connectivity index (χ0) is 12.4. The van der Waals surface area contributed by atoms with Crippen molar-refractivity contribution in [1.29, 1.82) is 0 Å². The van der Waals surface area contributed by atoms with E-state index in [2.05, 4.69) is 47.2 Å². The van der Waals surface area contributed by atoms with E-state index < -0.39 is 0 Å². The fraction of sp³-hybridized carbons (Fsp3) is 0.462. The average molecular weight is 249 g/mol. The average Bonchev–Trinajstić information content (AvgIpc) is 2.87. The minimum absolute atomic E-state index is 0.119. The third-order valence-electron chi connectivity index (χ3n) is 2.89. The van der Waals surface area contributed by atoms with E-state index >= 15 is 0 Å². The van der Waals surface area contributed by atoms with Gasteiger partial charge in [-0.15, -0.1) is 11.3 Å². The zero-order valence-electron chi connectivity index (χ0n) is 10.6. The quantitative estimate of drug-likeness (QED) is 0.905. The number of rotatable bonds is 4. The van der Waals surface area contributed by atoms with Crippen molar-refractivity contribution >= 4 is 11.3 Å². The molecule has 1 atom stereocenters. The van der Waals surface area contributed by atoms with Crippen LogP contribution in [0.25, 0.3) is 0 Å². The number of thiazole rings is 1. The van der Waals surface area contributed by atoms with Gasteiger partial charge in [-0.25, -0.2) is 4.98 Å². The highest BCUT2D eigenvalue weighted by Crippen LogP contribution is 2.19. The second kappa shape index (κ2) is 5.02. The summed E-state index contributed by atoms with van der Waals surface area (Å²) in [5.41, 5.74) is 8.44. The molecule has 0 aliphatic heterocycles. The van der Waals surface area contributed by atoms with Gasteiger partial charge >= 0.3 is 0 Å². The first-order valence-electron chi connectivity index (χ1n) is 5.88. The van der Waals surface area contributed by atoms with E-state index in [4.69, 9.17) is 5.73 Å². The first-order chi connectivity index (χ1) is 8.06. The molecule has 0 saturated carbocycles. The van der Waals surface area contributed by atoms with Gasteiger partial charge in [-0.1, -0.05) is 13.8 Å². The van der Waals surface area contributed by atoms with Gasteiger partial charge in [-0.3, -0.25) is 0 Å². The SMILES string of the molecule is Cc1nc(Cn2ccc(C(N)C(C)C)c2)cs1. The molecule has 0 spiro atoms. The minimum Gasteiger partial charge on any atom is -0.348 e. The smallest absolute Gasteiger partial charge is 0.0898 e. The summed E-state index contributed by atoms with van der Waals surface area (Å²) in [6.45, 7) is 7.15. The number of hydrogen-bond acceptors (Lipinski definition) is 3. The first-order valence-corrected chi connectivity index (χ1v) is 6.76. The van der Waals surface area contributed by atoms with E-state index in [0.29, 0.717) is 5.92 Å². The summed E-state index contributed by atoms with van der Waals surface area (Å²) < 4.78 is 2.14. The fourth-order valence-corrected chi connectivity index (χ4v) is 2.41. The van der Waals surface area contributed by atoms with Crippen LogP contribution in [0.2, 0.25) is 0 Å². The van der Waals surface area contributed by atoms with Crippen LogP contribution in [0.1, 0.15) is 36.2 Å². The van der Waals surface area contributed by atoms with Crippen molar-refractivity contribution in [3.8, 4) is 0 Å². The lowest BCUT2D eigenvalue weighted by Crippen LogP contribution is -2.15. The molecule has 92 valence electrons. The van der Waals surface area contributed by atoms with Gasteiger partial charge in [0.25, 0.3) is 0 Å². The molecule has 1 unspecified atom stereocenters. The van der Waals surface area contributed by atoms with Crippen LogP contribution in [0, 0.1) is 12.8 Å². The molecule has 2 aromatic heterocycles. The van der Waals surface area contributed by atoms with Crippen LogP contribution in [0.15, 0.2) is 23.8 Å². The number of hydrogen-bond donors (Lipinski definition) is 1. The van der Waals surface area contributed by atoms with Crippen LogP contribution in [0.4, 0.5) is 0 Å². The predicted molar refractivity (Wildman–Crippen MR) is 72.2 cm³/mol. The highest BCUT2D eigenvalue weighted by Gasteiger charge is 2.11. The van der Waals surface area contributed by atoms with Gasteiger partial charge in [0.2, 0.25) is 0 Å². The molecule has 0 amide bonds. The number of nitrogens with zero attached hydrogens (tertiary/aromatic N) is 2. The van der Waals surface area contributed by atoms with Crippen molar-refractivity contribution in [2.24, 2.45) is 11.7 Å². The van der Waals surface area contributed by atoms with Crippen molar-refractivity contribution in [3.63, 3.8) is 0 Å². The third kappa shape index (κ3) is 2.96. The number of aryl methyl sites for hydroxylation is 1. The van der Waals surface area contributed by atoms with Gasteiger partial charge in [0.05, 0.1) is 17.2 Å². The van der Waals surface area contributed by atoms with Crippen molar-refractivity contribution in [1.82, 2.24) is 9.55 Å². The molecule has 0 aliphatic rings. The molecule has 2 aromatic rings. The zero-order valence-corrected chi connectivity index (χ0v) is 11.4. The predicted octanol–water partition coefficient (Wildman–Crippen LogP) is 2.96. The second-order valence-corrected chi connectivity index (χ2v) is 5.81. The summed E-state index contributed by atoms with van der Waals surface area (Å²) >= 11 is 1.69. The summed E-state index contributed by atoms with van der Waals surface area (Å²) in [5.74, 6) is 0.465. The molecule has 2 N–H and O–H groups in total. The van der Waals surface area contributed by atoms with E-state index in [9.17, 15) is 0 Å². The molecule has 3 nitrogen and oxygen atoms in total. The Labute approximate surface area is 106 Å². The Kier molecular flexibility index (Phi) is 3.64. The van der Waals surface area contributed by atoms with Gasteiger partial charge in [-0.2, -0.15) is 0 Å². The second-order valence-electron chi connectivity index (χ2n) is 4.74. The van der Waals surface area contributed by atoms with Gasteiger partial charge in [0, 0.05) is 23.8 Å². The topological polar surface area (TPSA) is 43.8 Å². The highest BCUT2D eigenvalue weighted by molar-refractivity contribution is 7.09. The molecule has 0 bridgehead atoms. The van der Waals surface area contributed by atoms with Crippen LogP contribution in [-0.4, -0.2) is 9.55 Å². The molecule has 0 saturated heterocycles. The Balaban J connectivity index is 2.08. The van der Waals surface area contributed by atoms with E-state index in [1.165, 1.54) is 5.56 Å². The summed E-state index contributed by atoms with van der Waals surface area (Å²) in [6, 6.07) is 2.22. The van der Waals surface area contributed by atoms with Gasteiger partial charge < -0.3 is 10.3 Å². The lowest BCUT2D eigenvalue weighted by Gasteiger charge is -2.13. The monoisotopic (exact) mass is 249 g/mol. The van der Waals surface area contributed by atoms with Crippen molar-refractivity contribution in [2.75, 3.05) is 0 Å². The fourth-order valence-electron chi connectivity index (χ4n) is 1.81. The molecule has 2 rings (SSSR count). The van der Waals surface area contributed by atoms with Crippen LogP contribution < -0.4 is 5.73 Å². The van der Waals surface area contributed by atoms with Crippen LogP contribution in [-0.2, 0) is 6.54 Å². The Morgan fingerprint density at radius 2 is 2.24 bits per heavy atom. The molecule has 0 aliphatic carbocycles. The van der Waals surface area contributed by atoms with Gasteiger partial charge in [-0.05, 0) is 24.5 Å². The van der Waals surface area contributed by atoms with Crippen molar-refractivity contribution in [3.05, 3.63) is 40.1 Å². The normalized spacial score (nSPS) is 13.2. The summed E-state index contributed by atoms with van der Waals surface area (Å²) in [5, 5.41) is 3.23. The minimum atomic E-state index is 0.119. The molecule has 17 heavy (non-hydrogen) atoms. The van der Waals surface area contributed by atoms with Crippen LogP contribution >= 0.6 is 11.3 Å². The standard InChI is InChI=1S/C13H19N3S/c1-9(2)13(14)11-4-5-16(6-11)7-12-8-17-10(3)15-12/h4-6,8-9,13H,7,14H2,1-3H3. The van der Waals surface area contributed by atoms with Crippen molar-refractivity contribution < 1.29 is 0 Å². The molecule has 0 fully saturated rings. The Bertz CT molecular complexity index is 484. The largest absolute Gasteiger partial charge is 0.348 e. The summed E-state index contributed by atoms with van der Waals surface area (Å²) in [4.78, 5) is 4.46. The number of aromatic nitrogens is 2. The van der Waals surface area contributed by atoms with Crippen molar-refractivity contribution in [2.45, 2.75) is 33.4 Å². The molecule has 0 aromatic carbocycles. The lowest BCUT2D eigenvalue weighted by atomic mass is 10.00.